The first-order valence-corrected chi connectivity index (χ1v) is 9.34. The van der Waals surface area contributed by atoms with E-state index >= 15 is 0 Å². The van der Waals surface area contributed by atoms with Crippen LogP contribution in [0.5, 0.6) is 23.0 Å². The Morgan fingerprint density at radius 3 is 2.57 bits per heavy atom. The van der Waals surface area contributed by atoms with Gasteiger partial charge in [0, 0.05) is 6.07 Å². The number of benzene rings is 3. The van der Waals surface area contributed by atoms with E-state index in [4.69, 9.17) is 18.9 Å². The van der Waals surface area contributed by atoms with Crippen LogP contribution in [0.4, 0.5) is 0 Å². The van der Waals surface area contributed by atoms with Crippen molar-refractivity contribution in [2.75, 3.05) is 6.79 Å². The fraction of sp³-hybridized carbons (Fsp3) is 0.0833. The summed E-state index contributed by atoms with van der Waals surface area (Å²) in [5.41, 5.74) is 2.66. The van der Waals surface area contributed by atoms with Gasteiger partial charge in [0.05, 0.1) is 11.1 Å². The molecule has 2 heterocycles. The molecule has 0 aliphatic carbocycles. The Hall–Kier alpha value is -4.06. The van der Waals surface area contributed by atoms with Crippen molar-refractivity contribution in [2.45, 2.75) is 6.92 Å². The molecule has 0 unspecified atom stereocenters. The van der Waals surface area contributed by atoms with Gasteiger partial charge < -0.3 is 18.9 Å². The topological polar surface area (TPSA) is 71.1 Å². The smallest absolute Gasteiger partial charge is 0.343 e. The Bertz CT molecular complexity index is 1210. The van der Waals surface area contributed by atoms with E-state index < -0.39 is 5.97 Å². The van der Waals surface area contributed by atoms with Crippen molar-refractivity contribution in [3.63, 3.8) is 0 Å². The van der Waals surface area contributed by atoms with Gasteiger partial charge in [-0.15, -0.1) is 0 Å². The lowest BCUT2D eigenvalue weighted by Crippen LogP contribution is -2.08. The molecular weight excluding hydrogens is 384 g/mol. The maximum atomic E-state index is 12.7. The quantitative estimate of drug-likeness (QED) is 0.365. The average molecular weight is 400 g/mol. The number of allylic oxidation sites excluding steroid dienone is 1. The van der Waals surface area contributed by atoms with Crippen LogP contribution < -0.4 is 18.9 Å². The van der Waals surface area contributed by atoms with E-state index in [9.17, 15) is 9.59 Å². The molecule has 0 saturated carbocycles. The zero-order chi connectivity index (χ0) is 20.7. The molecule has 0 spiro atoms. The molecule has 0 radical (unpaired) electrons. The van der Waals surface area contributed by atoms with Gasteiger partial charge in [-0.3, -0.25) is 4.79 Å². The van der Waals surface area contributed by atoms with Gasteiger partial charge in [-0.1, -0.05) is 23.8 Å². The van der Waals surface area contributed by atoms with Crippen molar-refractivity contribution in [3.05, 3.63) is 88.7 Å². The summed E-state index contributed by atoms with van der Waals surface area (Å²) in [6, 6.07) is 17.2. The fourth-order valence-corrected chi connectivity index (χ4v) is 3.24. The number of rotatable bonds is 3. The number of fused-ring (bicyclic) bond motifs is 2. The van der Waals surface area contributed by atoms with Gasteiger partial charge in [-0.05, 0) is 55.0 Å². The van der Waals surface area contributed by atoms with E-state index in [1.54, 1.807) is 48.5 Å². The molecule has 5 rings (SSSR count). The number of ketones is 1. The zero-order valence-corrected chi connectivity index (χ0v) is 16.0. The highest BCUT2D eigenvalue weighted by atomic mass is 16.7. The Kier molecular flexibility index (Phi) is 4.25. The van der Waals surface area contributed by atoms with Gasteiger partial charge in [0.1, 0.15) is 11.5 Å². The molecule has 2 aliphatic heterocycles. The number of carbonyl (C=O) groups is 2. The highest BCUT2D eigenvalue weighted by Crippen LogP contribution is 2.37. The number of hydrogen-bond donors (Lipinski definition) is 0. The van der Waals surface area contributed by atoms with Gasteiger partial charge in [0.2, 0.25) is 12.6 Å². The summed E-state index contributed by atoms with van der Waals surface area (Å²) >= 11 is 0. The van der Waals surface area contributed by atoms with Crippen molar-refractivity contribution in [3.8, 4) is 23.0 Å². The molecule has 6 nitrogen and oxygen atoms in total. The van der Waals surface area contributed by atoms with Crippen LogP contribution in [0.3, 0.4) is 0 Å². The summed E-state index contributed by atoms with van der Waals surface area (Å²) in [6.45, 7) is 2.12. The van der Waals surface area contributed by atoms with Gasteiger partial charge in [-0.2, -0.15) is 0 Å². The number of esters is 1. The first kappa shape index (κ1) is 18.0. The molecule has 3 aromatic rings. The number of aryl methyl sites for hydroxylation is 1. The SMILES string of the molecule is Cc1ccc(C(=O)Oc2ccc3c(c2)O/C(=C\c2ccc4c(c2)OCO4)C3=O)cc1. The maximum Gasteiger partial charge on any atom is 0.343 e. The second-order valence-electron chi connectivity index (χ2n) is 6.97. The van der Waals surface area contributed by atoms with Crippen molar-refractivity contribution >= 4 is 17.8 Å². The first-order chi connectivity index (χ1) is 14.6. The molecule has 0 bridgehead atoms. The molecule has 2 aliphatic rings. The molecule has 148 valence electrons. The molecule has 0 amide bonds. The Morgan fingerprint density at radius 2 is 1.73 bits per heavy atom. The second-order valence-corrected chi connectivity index (χ2v) is 6.97. The van der Waals surface area contributed by atoms with E-state index in [2.05, 4.69) is 0 Å². The minimum Gasteiger partial charge on any atom is -0.454 e. The van der Waals surface area contributed by atoms with Crippen molar-refractivity contribution in [2.24, 2.45) is 0 Å². The first-order valence-electron chi connectivity index (χ1n) is 9.34. The van der Waals surface area contributed by atoms with E-state index in [1.807, 2.05) is 25.1 Å². The van der Waals surface area contributed by atoms with Crippen LogP contribution in [-0.2, 0) is 0 Å². The minimum absolute atomic E-state index is 0.181. The summed E-state index contributed by atoms with van der Waals surface area (Å²) in [7, 11) is 0. The summed E-state index contributed by atoms with van der Waals surface area (Å²) in [6.07, 6.45) is 1.64. The zero-order valence-electron chi connectivity index (χ0n) is 16.0. The van der Waals surface area contributed by atoms with Crippen LogP contribution in [0, 0.1) is 6.92 Å². The Balaban J connectivity index is 1.36. The summed E-state index contributed by atoms with van der Waals surface area (Å²) in [4.78, 5) is 25.0. The highest BCUT2D eigenvalue weighted by molar-refractivity contribution is 6.14. The maximum absolute atomic E-state index is 12.7. The van der Waals surface area contributed by atoms with E-state index in [0.29, 0.717) is 34.1 Å². The van der Waals surface area contributed by atoms with Gasteiger partial charge >= 0.3 is 5.97 Å². The molecule has 0 N–H and O–H groups in total. The second kappa shape index (κ2) is 7.08. The predicted molar refractivity (Wildman–Crippen MR) is 108 cm³/mol. The lowest BCUT2D eigenvalue weighted by atomic mass is 10.1. The van der Waals surface area contributed by atoms with Crippen LogP contribution in [-0.4, -0.2) is 18.5 Å². The molecule has 30 heavy (non-hydrogen) atoms. The summed E-state index contributed by atoms with van der Waals surface area (Å²) < 4.78 is 21.8. The molecule has 6 heteroatoms. The Morgan fingerprint density at radius 1 is 0.933 bits per heavy atom. The predicted octanol–water partition coefficient (Wildman–Crippen LogP) is 4.56. The van der Waals surface area contributed by atoms with E-state index in [1.165, 1.54) is 0 Å². The third-order valence-corrected chi connectivity index (χ3v) is 4.83. The van der Waals surface area contributed by atoms with Crippen LogP contribution in [0.15, 0.2) is 66.4 Å². The third-order valence-electron chi connectivity index (χ3n) is 4.83. The van der Waals surface area contributed by atoms with Crippen LogP contribution in [0.25, 0.3) is 6.08 Å². The summed E-state index contributed by atoms with van der Waals surface area (Å²) in [5, 5.41) is 0. The van der Waals surface area contributed by atoms with Gasteiger partial charge in [-0.25, -0.2) is 4.79 Å². The average Bonchev–Trinajstić information content (AvgIpc) is 3.32. The van der Waals surface area contributed by atoms with Crippen LogP contribution in [0.2, 0.25) is 0 Å². The number of carbonyl (C=O) groups excluding carboxylic acids is 2. The highest BCUT2D eigenvalue weighted by Gasteiger charge is 2.28. The van der Waals surface area contributed by atoms with Crippen LogP contribution in [0.1, 0.15) is 31.8 Å². The summed E-state index contributed by atoms with van der Waals surface area (Å²) in [5.74, 6) is 1.41. The minimum atomic E-state index is -0.476. The molecule has 0 saturated heterocycles. The lowest BCUT2D eigenvalue weighted by molar-refractivity contribution is 0.0734. The van der Waals surface area contributed by atoms with Crippen molar-refractivity contribution in [1.29, 1.82) is 0 Å². The standard InChI is InChI=1S/C24H16O6/c1-14-2-5-16(6-3-14)24(26)29-17-7-8-18-20(12-17)30-22(23(18)25)11-15-4-9-19-21(10-15)28-13-27-19/h2-12H,13H2,1H3/b22-11-. The Labute approximate surface area is 172 Å². The number of hydrogen-bond acceptors (Lipinski definition) is 6. The van der Waals surface area contributed by atoms with Crippen molar-refractivity contribution < 1.29 is 28.5 Å². The van der Waals surface area contributed by atoms with Crippen LogP contribution >= 0.6 is 0 Å². The molecule has 0 fully saturated rings. The fourth-order valence-electron chi connectivity index (χ4n) is 3.24. The monoisotopic (exact) mass is 400 g/mol. The van der Waals surface area contributed by atoms with Gasteiger partial charge in [0.15, 0.2) is 17.3 Å². The van der Waals surface area contributed by atoms with Crippen molar-refractivity contribution in [1.82, 2.24) is 0 Å². The van der Waals surface area contributed by atoms with E-state index in [-0.39, 0.29) is 18.3 Å². The number of Topliss-reactive ketones (excluding diaryl/α,β-unsaturated/α-hetero) is 1. The molecule has 0 atom stereocenters. The largest absolute Gasteiger partial charge is 0.454 e. The van der Waals surface area contributed by atoms with E-state index in [0.717, 1.165) is 11.1 Å². The number of ether oxygens (including phenoxy) is 4. The molecule has 0 aromatic heterocycles. The molecular formula is C24H16O6. The normalized spacial score (nSPS) is 15.1. The molecule has 3 aromatic carbocycles. The third kappa shape index (κ3) is 3.28. The van der Waals surface area contributed by atoms with Gasteiger partial charge in [0.25, 0.3) is 0 Å². The lowest BCUT2D eigenvalue weighted by Gasteiger charge is -2.06.